The minimum Gasteiger partial charge on any atom is -0.469 e. The lowest BCUT2D eigenvalue weighted by molar-refractivity contribution is -0.570. The van der Waals surface area contributed by atoms with Crippen molar-refractivity contribution < 1.29 is 19.6 Å². The summed E-state index contributed by atoms with van der Waals surface area (Å²) < 4.78 is 4.75. The normalized spacial score (nSPS) is 32.5. The van der Waals surface area contributed by atoms with E-state index in [-0.39, 0.29) is 17.8 Å². The molecule has 0 amide bonds. The fourth-order valence-electron chi connectivity index (χ4n) is 3.07. The van der Waals surface area contributed by atoms with E-state index in [4.69, 9.17) is 4.74 Å². The quantitative estimate of drug-likeness (QED) is 0.525. The molecule has 0 bridgehead atoms. The van der Waals surface area contributed by atoms with Crippen LogP contribution in [0.1, 0.15) is 32.3 Å². The summed E-state index contributed by atoms with van der Waals surface area (Å²) in [5.74, 6) is -1.62. The predicted octanol–water partition coefficient (Wildman–Crippen LogP) is 2.44. The van der Waals surface area contributed by atoms with Crippen molar-refractivity contribution in [3.8, 4) is 0 Å². The van der Waals surface area contributed by atoms with Gasteiger partial charge >= 0.3 is 5.97 Å². The number of carbonyl (C=O) groups is 1. The van der Waals surface area contributed by atoms with Gasteiger partial charge in [-0.1, -0.05) is 36.4 Å². The monoisotopic (exact) mass is 319 g/mol. The molecule has 1 aliphatic carbocycles. The number of rotatable bonds is 3. The van der Waals surface area contributed by atoms with Gasteiger partial charge in [0.05, 0.1) is 18.6 Å². The van der Waals surface area contributed by atoms with Crippen LogP contribution < -0.4 is 0 Å². The summed E-state index contributed by atoms with van der Waals surface area (Å²) in [5.41, 5.74) is -1.52. The molecule has 2 rings (SSSR count). The molecular weight excluding hydrogens is 298 g/mol. The maximum Gasteiger partial charge on any atom is 0.312 e. The maximum atomic E-state index is 12.1. The lowest BCUT2D eigenvalue weighted by atomic mass is 9.65. The molecule has 3 unspecified atom stereocenters. The van der Waals surface area contributed by atoms with Crippen LogP contribution in [0.4, 0.5) is 0 Å². The zero-order chi connectivity index (χ0) is 17.3. The topological polar surface area (TPSA) is 89.7 Å². The summed E-state index contributed by atoms with van der Waals surface area (Å²) >= 11 is 0. The second kappa shape index (κ2) is 6.12. The largest absolute Gasteiger partial charge is 0.469 e. The lowest BCUT2D eigenvalue weighted by Gasteiger charge is -2.42. The van der Waals surface area contributed by atoms with Gasteiger partial charge in [0.2, 0.25) is 5.54 Å². The first-order chi connectivity index (χ1) is 10.7. The van der Waals surface area contributed by atoms with E-state index in [2.05, 4.69) is 0 Å². The van der Waals surface area contributed by atoms with E-state index in [9.17, 15) is 20.0 Å². The second-order valence-electron chi connectivity index (χ2n) is 6.44. The average molecular weight is 319 g/mol. The first kappa shape index (κ1) is 17.1. The average Bonchev–Trinajstić information content (AvgIpc) is 2.51. The minimum absolute atomic E-state index is 0.0637. The Balaban J connectivity index is 2.51. The molecule has 0 aromatic heterocycles. The van der Waals surface area contributed by atoms with Gasteiger partial charge in [0.1, 0.15) is 0 Å². The van der Waals surface area contributed by atoms with E-state index < -0.39 is 23.0 Å². The molecule has 0 spiro atoms. The van der Waals surface area contributed by atoms with Crippen LogP contribution >= 0.6 is 0 Å². The van der Waals surface area contributed by atoms with Crippen molar-refractivity contribution in [2.24, 2.45) is 5.92 Å². The Morgan fingerprint density at radius 3 is 2.52 bits per heavy atom. The highest BCUT2D eigenvalue weighted by Gasteiger charge is 2.56. The number of nitro groups is 1. The highest BCUT2D eigenvalue weighted by molar-refractivity contribution is 5.76. The van der Waals surface area contributed by atoms with Gasteiger partial charge < -0.3 is 9.84 Å². The molecule has 0 saturated heterocycles. The number of methoxy groups -OCH3 is 1. The van der Waals surface area contributed by atoms with Crippen molar-refractivity contribution in [3.05, 3.63) is 51.6 Å². The molecule has 0 radical (unpaired) electrons. The van der Waals surface area contributed by atoms with Crippen LogP contribution in [-0.2, 0) is 9.53 Å². The number of carbonyl (C=O) groups excluding carboxylic acids is 1. The van der Waals surface area contributed by atoms with Crippen molar-refractivity contribution in [1.82, 2.24) is 0 Å². The van der Waals surface area contributed by atoms with Crippen molar-refractivity contribution in [2.75, 3.05) is 7.11 Å². The minimum atomic E-state index is -1.49. The maximum absolute atomic E-state index is 12.1. The van der Waals surface area contributed by atoms with Gasteiger partial charge in [-0.15, -0.1) is 0 Å². The van der Waals surface area contributed by atoms with E-state index in [0.29, 0.717) is 5.57 Å². The Morgan fingerprint density at radius 1 is 1.39 bits per heavy atom. The third-order valence-electron chi connectivity index (χ3n) is 4.61. The SMILES string of the molecule is COC(=O)C1CC(C)([N+](=O)[O-])C/C(=C\c2ccccc2)C1(C)O. The van der Waals surface area contributed by atoms with Gasteiger partial charge in [0, 0.05) is 24.7 Å². The first-order valence-electron chi connectivity index (χ1n) is 7.41. The summed E-state index contributed by atoms with van der Waals surface area (Å²) in [6.07, 6.45) is 1.73. The Morgan fingerprint density at radius 2 is 2.00 bits per heavy atom. The second-order valence-corrected chi connectivity index (χ2v) is 6.44. The lowest BCUT2D eigenvalue weighted by Crippen LogP contribution is -2.54. The molecule has 1 aromatic rings. The molecule has 1 aliphatic rings. The Hall–Kier alpha value is -2.21. The van der Waals surface area contributed by atoms with E-state index in [1.807, 2.05) is 30.3 Å². The number of hydrogen-bond donors (Lipinski definition) is 1. The Kier molecular flexibility index (Phi) is 4.56. The fraction of sp³-hybridized carbons (Fsp3) is 0.471. The van der Waals surface area contributed by atoms with Gasteiger partial charge in [0.15, 0.2) is 0 Å². The van der Waals surface area contributed by atoms with Crippen LogP contribution in [0.2, 0.25) is 0 Å². The third kappa shape index (κ3) is 3.27. The molecule has 1 saturated carbocycles. The van der Waals surface area contributed by atoms with Crippen LogP contribution in [0.15, 0.2) is 35.9 Å². The summed E-state index contributed by atoms with van der Waals surface area (Å²) in [6.45, 7) is 3.01. The fourth-order valence-corrected chi connectivity index (χ4v) is 3.07. The summed E-state index contributed by atoms with van der Waals surface area (Å²) in [4.78, 5) is 23.2. The van der Waals surface area contributed by atoms with Crippen molar-refractivity contribution in [3.63, 3.8) is 0 Å². The van der Waals surface area contributed by atoms with E-state index in [0.717, 1.165) is 5.56 Å². The standard InChI is InChI=1S/C17H21NO5/c1-16(18(21)22)10-13(9-12-7-5-4-6-8-12)17(2,20)14(11-16)15(19)23-3/h4-9,14,20H,10-11H2,1-3H3/b13-9+. The number of benzene rings is 1. The molecule has 6 nitrogen and oxygen atoms in total. The summed E-state index contributed by atoms with van der Waals surface area (Å²) in [5, 5.41) is 22.4. The van der Waals surface area contributed by atoms with Crippen molar-refractivity contribution in [2.45, 2.75) is 37.8 Å². The van der Waals surface area contributed by atoms with Crippen molar-refractivity contribution in [1.29, 1.82) is 0 Å². The molecule has 1 fully saturated rings. The molecule has 0 aliphatic heterocycles. The molecule has 1 N–H and O–H groups in total. The number of hydrogen-bond acceptors (Lipinski definition) is 5. The first-order valence-corrected chi connectivity index (χ1v) is 7.41. The third-order valence-corrected chi connectivity index (χ3v) is 4.61. The molecule has 1 aromatic carbocycles. The van der Waals surface area contributed by atoms with Crippen LogP contribution in [0.25, 0.3) is 6.08 Å². The molecule has 6 heteroatoms. The van der Waals surface area contributed by atoms with Crippen LogP contribution in [0.5, 0.6) is 0 Å². The van der Waals surface area contributed by atoms with Gasteiger partial charge in [-0.3, -0.25) is 14.9 Å². The van der Waals surface area contributed by atoms with Gasteiger partial charge in [-0.2, -0.15) is 0 Å². The van der Waals surface area contributed by atoms with E-state index in [1.54, 1.807) is 6.08 Å². The molecule has 23 heavy (non-hydrogen) atoms. The Labute approximate surface area is 134 Å². The zero-order valence-corrected chi connectivity index (χ0v) is 13.5. The van der Waals surface area contributed by atoms with Crippen LogP contribution in [-0.4, -0.2) is 34.2 Å². The van der Waals surface area contributed by atoms with E-state index in [1.165, 1.54) is 21.0 Å². The van der Waals surface area contributed by atoms with Gasteiger partial charge in [0.25, 0.3) is 0 Å². The Bertz CT molecular complexity index is 638. The smallest absolute Gasteiger partial charge is 0.312 e. The number of esters is 1. The number of ether oxygens (including phenoxy) is 1. The zero-order valence-electron chi connectivity index (χ0n) is 13.5. The van der Waals surface area contributed by atoms with Gasteiger partial charge in [-0.05, 0) is 18.1 Å². The summed E-state index contributed by atoms with van der Waals surface area (Å²) in [7, 11) is 1.22. The van der Waals surface area contributed by atoms with Crippen LogP contribution in [0.3, 0.4) is 0 Å². The predicted molar refractivity (Wildman–Crippen MR) is 85.2 cm³/mol. The van der Waals surface area contributed by atoms with Crippen LogP contribution in [0, 0.1) is 16.0 Å². The molecule has 3 atom stereocenters. The highest BCUT2D eigenvalue weighted by Crippen LogP contribution is 2.45. The molecule has 0 heterocycles. The van der Waals surface area contributed by atoms with Gasteiger partial charge in [-0.25, -0.2) is 0 Å². The molecular formula is C17H21NO5. The number of aliphatic hydroxyl groups is 1. The summed E-state index contributed by atoms with van der Waals surface area (Å²) in [6, 6.07) is 9.23. The highest BCUT2D eigenvalue weighted by atomic mass is 16.6. The number of nitrogens with zero attached hydrogens (tertiary/aromatic N) is 1. The molecule has 124 valence electrons. The van der Waals surface area contributed by atoms with E-state index >= 15 is 0 Å². The van der Waals surface area contributed by atoms with Crippen molar-refractivity contribution >= 4 is 12.0 Å².